The molecule has 0 unspecified atom stereocenters. The van der Waals surface area contributed by atoms with Crippen molar-refractivity contribution in [3.63, 3.8) is 0 Å². The maximum Gasteiger partial charge on any atom is 0.261 e. The van der Waals surface area contributed by atoms with Gasteiger partial charge in [0.1, 0.15) is 5.15 Å². The molecule has 98 valence electrons. The van der Waals surface area contributed by atoms with Gasteiger partial charge in [-0.15, -0.1) is 0 Å². The normalized spacial score (nSPS) is 11.9. The first-order chi connectivity index (χ1) is 8.40. The Bertz CT molecular complexity index is 659. The van der Waals surface area contributed by atoms with E-state index in [2.05, 4.69) is 9.71 Å². The first kappa shape index (κ1) is 13.1. The summed E-state index contributed by atoms with van der Waals surface area (Å²) in [5.74, 6) is 0. The molecule has 0 bridgehead atoms. The van der Waals surface area contributed by atoms with E-state index in [0.717, 1.165) is 5.56 Å². The molecule has 2 aromatic rings. The number of halogens is 1. The van der Waals surface area contributed by atoms with E-state index >= 15 is 0 Å². The van der Waals surface area contributed by atoms with Crippen molar-refractivity contribution in [2.75, 3.05) is 0 Å². The van der Waals surface area contributed by atoms with E-state index in [9.17, 15) is 8.42 Å². The molecule has 0 aliphatic rings. The summed E-state index contributed by atoms with van der Waals surface area (Å²) in [4.78, 5) is 3.78. The third kappa shape index (κ3) is 2.58. The van der Waals surface area contributed by atoms with Gasteiger partial charge in [-0.25, -0.2) is 18.1 Å². The molecule has 0 saturated heterocycles. The van der Waals surface area contributed by atoms with Gasteiger partial charge in [-0.2, -0.15) is 0 Å². The van der Waals surface area contributed by atoms with Gasteiger partial charge in [0.15, 0.2) is 0 Å². The Morgan fingerprint density at radius 3 is 2.67 bits per heavy atom. The Morgan fingerprint density at radius 1 is 1.44 bits per heavy atom. The van der Waals surface area contributed by atoms with Crippen molar-refractivity contribution in [3.8, 4) is 0 Å². The van der Waals surface area contributed by atoms with Crippen molar-refractivity contribution >= 4 is 21.6 Å². The molecular weight excluding hydrogens is 276 g/mol. The molecule has 0 aliphatic carbocycles. The van der Waals surface area contributed by atoms with Crippen LogP contribution in [0.3, 0.4) is 0 Å². The average molecular weight is 289 g/mol. The molecule has 0 aliphatic heterocycles. The number of hydrogen-bond donors (Lipinski definition) is 1. The molecular formula is C10H13ClN4O2S. The largest absolute Gasteiger partial charge is 0.357 e. The van der Waals surface area contributed by atoms with Gasteiger partial charge in [0, 0.05) is 33.0 Å². The highest BCUT2D eigenvalue weighted by atomic mass is 35.5. The van der Waals surface area contributed by atoms with Crippen LogP contribution in [-0.4, -0.2) is 22.5 Å². The second-order valence-corrected chi connectivity index (χ2v) is 6.00. The summed E-state index contributed by atoms with van der Waals surface area (Å²) < 4.78 is 29.7. The van der Waals surface area contributed by atoms with Crippen molar-refractivity contribution < 1.29 is 8.42 Å². The predicted molar refractivity (Wildman–Crippen MR) is 67.7 cm³/mol. The monoisotopic (exact) mass is 288 g/mol. The molecule has 1 N–H and O–H groups in total. The lowest BCUT2D eigenvalue weighted by Crippen LogP contribution is -2.23. The van der Waals surface area contributed by atoms with E-state index in [-0.39, 0.29) is 16.7 Å². The standard InChI is InChI=1S/C10H13ClN4O2S/c1-14-4-3-8(6-14)5-13-18(16,17)10-9(11)15(2)7-12-10/h3-4,6-7,13H,5H2,1-2H3. The maximum atomic E-state index is 12.0. The quantitative estimate of drug-likeness (QED) is 0.908. The van der Waals surface area contributed by atoms with Crippen LogP contribution in [0.2, 0.25) is 5.15 Å². The minimum atomic E-state index is -3.68. The fourth-order valence-corrected chi connectivity index (χ4v) is 2.93. The van der Waals surface area contributed by atoms with E-state index in [1.165, 1.54) is 10.9 Å². The fourth-order valence-electron chi connectivity index (χ4n) is 1.49. The number of nitrogens with zero attached hydrogens (tertiary/aromatic N) is 3. The Kier molecular flexibility index (Phi) is 3.47. The number of nitrogens with one attached hydrogen (secondary N) is 1. The lowest BCUT2D eigenvalue weighted by molar-refractivity contribution is 0.578. The molecule has 0 aromatic carbocycles. The summed E-state index contributed by atoms with van der Waals surface area (Å²) in [6.07, 6.45) is 5.04. The van der Waals surface area contributed by atoms with Crippen LogP contribution in [0.15, 0.2) is 29.8 Å². The zero-order valence-corrected chi connectivity index (χ0v) is 11.5. The van der Waals surface area contributed by atoms with Crippen molar-refractivity contribution in [1.82, 2.24) is 18.8 Å². The van der Waals surface area contributed by atoms with Crippen LogP contribution < -0.4 is 4.72 Å². The zero-order chi connectivity index (χ0) is 13.3. The van der Waals surface area contributed by atoms with Crippen molar-refractivity contribution in [2.45, 2.75) is 11.6 Å². The lowest BCUT2D eigenvalue weighted by Gasteiger charge is -2.03. The Hall–Kier alpha value is -1.31. The Morgan fingerprint density at radius 2 is 2.17 bits per heavy atom. The van der Waals surface area contributed by atoms with E-state index in [4.69, 9.17) is 11.6 Å². The van der Waals surface area contributed by atoms with Gasteiger partial charge in [0.05, 0.1) is 6.33 Å². The predicted octanol–water partition coefficient (Wildman–Crippen LogP) is 0.891. The second-order valence-electron chi connectivity index (χ2n) is 3.96. The molecule has 8 heteroatoms. The minimum absolute atomic E-state index is 0.0931. The smallest absolute Gasteiger partial charge is 0.261 e. The highest BCUT2D eigenvalue weighted by Crippen LogP contribution is 2.18. The zero-order valence-electron chi connectivity index (χ0n) is 9.96. The number of hydrogen-bond acceptors (Lipinski definition) is 3. The Balaban J connectivity index is 2.15. The second kappa shape index (κ2) is 4.75. The van der Waals surface area contributed by atoms with Crippen LogP contribution >= 0.6 is 11.6 Å². The summed E-state index contributed by atoms with van der Waals surface area (Å²) in [5.41, 5.74) is 0.869. The molecule has 0 amide bonds. The highest BCUT2D eigenvalue weighted by molar-refractivity contribution is 7.89. The molecule has 0 atom stereocenters. The maximum absolute atomic E-state index is 12.0. The molecule has 6 nitrogen and oxygen atoms in total. The van der Waals surface area contributed by atoms with Gasteiger partial charge >= 0.3 is 0 Å². The third-order valence-electron chi connectivity index (χ3n) is 2.45. The van der Waals surface area contributed by atoms with Gasteiger partial charge in [-0.05, 0) is 11.6 Å². The van der Waals surface area contributed by atoms with E-state index < -0.39 is 10.0 Å². The lowest BCUT2D eigenvalue weighted by atomic mass is 10.4. The molecule has 18 heavy (non-hydrogen) atoms. The van der Waals surface area contributed by atoms with Crippen LogP contribution in [0, 0.1) is 0 Å². The summed E-state index contributed by atoms with van der Waals surface area (Å²) in [6.45, 7) is 0.204. The minimum Gasteiger partial charge on any atom is -0.357 e. The van der Waals surface area contributed by atoms with Gasteiger partial charge in [0.2, 0.25) is 5.03 Å². The van der Waals surface area contributed by atoms with Gasteiger partial charge in [0.25, 0.3) is 10.0 Å². The molecule has 2 heterocycles. The number of aryl methyl sites for hydroxylation is 2. The van der Waals surface area contributed by atoms with Crippen LogP contribution in [0.1, 0.15) is 5.56 Å². The average Bonchev–Trinajstić information content (AvgIpc) is 2.85. The third-order valence-corrected chi connectivity index (χ3v) is 4.34. The van der Waals surface area contributed by atoms with Crippen LogP contribution in [0.25, 0.3) is 0 Å². The molecule has 2 rings (SSSR count). The van der Waals surface area contributed by atoms with Gasteiger partial charge in [-0.1, -0.05) is 11.6 Å². The summed E-state index contributed by atoms with van der Waals surface area (Å²) in [6, 6.07) is 1.84. The molecule has 0 fully saturated rings. The van der Waals surface area contributed by atoms with Gasteiger partial charge in [-0.3, -0.25) is 0 Å². The fraction of sp³-hybridized carbons (Fsp3) is 0.300. The van der Waals surface area contributed by atoms with Crippen molar-refractivity contribution in [2.24, 2.45) is 14.1 Å². The first-order valence-corrected chi connectivity index (χ1v) is 7.03. The number of imidazole rings is 1. The van der Waals surface area contributed by atoms with Crippen molar-refractivity contribution in [3.05, 3.63) is 35.5 Å². The van der Waals surface area contributed by atoms with E-state index in [0.29, 0.717) is 0 Å². The van der Waals surface area contributed by atoms with Crippen LogP contribution in [0.5, 0.6) is 0 Å². The summed E-state index contributed by atoms with van der Waals surface area (Å²) >= 11 is 5.86. The van der Waals surface area contributed by atoms with E-state index in [1.54, 1.807) is 7.05 Å². The summed E-state index contributed by atoms with van der Waals surface area (Å²) in [5, 5.41) is -0.0573. The number of rotatable bonds is 4. The SMILES string of the molecule is Cn1ccc(CNS(=O)(=O)c2ncn(C)c2Cl)c1. The highest BCUT2D eigenvalue weighted by Gasteiger charge is 2.21. The molecule has 0 radical (unpaired) electrons. The van der Waals surface area contributed by atoms with E-state index in [1.807, 2.05) is 30.1 Å². The summed E-state index contributed by atoms with van der Waals surface area (Å²) in [7, 11) is -0.183. The topological polar surface area (TPSA) is 68.9 Å². The molecule has 2 aromatic heterocycles. The molecule has 0 saturated carbocycles. The van der Waals surface area contributed by atoms with Crippen molar-refractivity contribution in [1.29, 1.82) is 0 Å². The van der Waals surface area contributed by atoms with Gasteiger partial charge < -0.3 is 9.13 Å². The first-order valence-electron chi connectivity index (χ1n) is 5.17. The Labute approximate surface area is 110 Å². The van der Waals surface area contributed by atoms with Crippen LogP contribution in [0.4, 0.5) is 0 Å². The molecule has 0 spiro atoms. The van der Waals surface area contributed by atoms with Crippen LogP contribution in [-0.2, 0) is 30.7 Å². The number of aromatic nitrogens is 3. The number of sulfonamides is 1.